The molecule has 1 aromatic carbocycles. The summed E-state index contributed by atoms with van der Waals surface area (Å²) in [5.41, 5.74) is 0.202. The maximum absolute atomic E-state index is 12.6. The molecule has 0 saturated heterocycles. The predicted molar refractivity (Wildman–Crippen MR) is 78.1 cm³/mol. The molecule has 7 heteroatoms. The van der Waals surface area contributed by atoms with E-state index in [1.807, 2.05) is 6.92 Å². The molecule has 0 spiro atoms. The number of hydrogen-bond acceptors (Lipinski definition) is 3. The van der Waals surface area contributed by atoms with Crippen LogP contribution in [0.4, 0.5) is 13.2 Å². The molecule has 2 aromatic rings. The monoisotopic (exact) mass is 326 g/mol. The van der Waals surface area contributed by atoms with Gasteiger partial charge in [-0.15, -0.1) is 0 Å². The third-order valence-corrected chi connectivity index (χ3v) is 3.45. The molecule has 4 nitrogen and oxygen atoms in total. The summed E-state index contributed by atoms with van der Waals surface area (Å²) in [4.78, 5) is 15.9. The summed E-state index contributed by atoms with van der Waals surface area (Å²) in [6.45, 7) is 3.97. The highest BCUT2D eigenvalue weighted by Crippen LogP contribution is 2.30. The van der Waals surface area contributed by atoms with Crippen LogP contribution in [0.25, 0.3) is 0 Å². The summed E-state index contributed by atoms with van der Waals surface area (Å²) < 4.78 is 44.5. The van der Waals surface area contributed by atoms with E-state index in [9.17, 15) is 18.0 Å². The molecule has 0 radical (unpaired) electrons. The topological polar surface area (TPSA) is 44.1 Å². The van der Waals surface area contributed by atoms with Gasteiger partial charge >= 0.3 is 12.1 Å². The van der Waals surface area contributed by atoms with E-state index >= 15 is 0 Å². The van der Waals surface area contributed by atoms with Gasteiger partial charge in [0.15, 0.2) is 0 Å². The molecule has 1 heterocycles. The first-order chi connectivity index (χ1) is 10.8. The van der Waals surface area contributed by atoms with E-state index in [1.165, 1.54) is 24.7 Å². The SMILES string of the molecule is CCCOC(=O)c1cncn1[C@H](C)c1ccc(C(F)(F)F)cc1. The van der Waals surface area contributed by atoms with Crippen molar-refractivity contribution in [1.82, 2.24) is 9.55 Å². The number of alkyl halides is 3. The molecule has 0 fully saturated rings. The molecule has 1 atom stereocenters. The van der Waals surface area contributed by atoms with Gasteiger partial charge in [0, 0.05) is 0 Å². The lowest BCUT2D eigenvalue weighted by Gasteiger charge is -2.17. The van der Waals surface area contributed by atoms with Crippen LogP contribution in [0.3, 0.4) is 0 Å². The van der Waals surface area contributed by atoms with Crippen molar-refractivity contribution in [3.8, 4) is 0 Å². The molecule has 124 valence electrons. The fourth-order valence-corrected chi connectivity index (χ4v) is 2.15. The summed E-state index contributed by atoms with van der Waals surface area (Å²) >= 11 is 0. The van der Waals surface area contributed by atoms with Gasteiger partial charge in [-0.1, -0.05) is 19.1 Å². The number of imidazole rings is 1. The third-order valence-electron chi connectivity index (χ3n) is 3.45. The Morgan fingerprint density at radius 2 is 1.96 bits per heavy atom. The summed E-state index contributed by atoms with van der Waals surface area (Å²) in [6.07, 6.45) is -0.816. The average molecular weight is 326 g/mol. The zero-order valence-corrected chi connectivity index (χ0v) is 12.8. The molecule has 23 heavy (non-hydrogen) atoms. The van der Waals surface area contributed by atoms with Crippen LogP contribution in [0.5, 0.6) is 0 Å². The number of halogens is 3. The molecule has 0 aliphatic heterocycles. The normalized spacial score (nSPS) is 12.9. The van der Waals surface area contributed by atoms with Gasteiger partial charge in [0.05, 0.1) is 30.7 Å². The van der Waals surface area contributed by atoms with Crippen LogP contribution in [0.15, 0.2) is 36.8 Å². The quantitative estimate of drug-likeness (QED) is 0.778. The van der Waals surface area contributed by atoms with Crippen molar-refractivity contribution in [2.75, 3.05) is 6.61 Å². The number of aromatic nitrogens is 2. The highest BCUT2D eigenvalue weighted by Gasteiger charge is 2.30. The van der Waals surface area contributed by atoms with Gasteiger partial charge in [0.2, 0.25) is 0 Å². The minimum atomic E-state index is -4.37. The Hall–Kier alpha value is -2.31. The minimum absolute atomic E-state index is 0.269. The van der Waals surface area contributed by atoms with E-state index in [2.05, 4.69) is 4.98 Å². The molecule has 0 aliphatic rings. The number of carbonyl (C=O) groups excluding carboxylic acids is 1. The van der Waals surface area contributed by atoms with Crippen molar-refractivity contribution in [1.29, 1.82) is 0 Å². The molecule has 0 amide bonds. The van der Waals surface area contributed by atoms with Gasteiger partial charge in [0.25, 0.3) is 0 Å². The number of benzene rings is 1. The van der Waals surface area contributed by atoms with Gasteiger partial charge < -0.3 is 9.30 Å². The number of carbonyl (C=O) groups is 1. The number of hydrogen-bond donors (Lipinski definition) is 0. The summed E-state index contributed by atoms with van der Waals surface area (Å²) in [6, 6.07) is 4.50. The lowest BCUT2D eigenvalue weighted by Crippen LogP contribution is -2.16. The van der Waals surface area contributed by atoms with Crippen LogP contribution in [0.2, 0.25) is 0 Å². The maximum atomic E-state index is 12.6. The van der Waals surface area contributed by atoms with Crippen LogP contribution >= 0.6 is 0 Å². The Morgan fingerprint density at radius 3 is 2.52 bits per heavy atom. The van der Waals surface area contributed by atoms with Crippen LogP contribution in [-0.4, -0.2) is 22.1 Å². The van der Waals surface area contributed by atoms with E-state index in [4.69, 9.17) is 4.74 Å². The van der Waals surface area contributed by atoms with Crippen LogP contribution in [-0.2, 0) is 10.9 Å². The molecule has 0 bridgehead atoms. The lowest BCUT2D eigenvalue weighted by atomic mass is 10.1. The van der Waals surface area contributed by atoms with Crippen molar-refractivity contribution in [3.63, 3.8) is 0 Å². The summed E-state index contributed by atoms with van der Waals surface area (Å²) in [5, 5.41) is 0. The first-order valence-electron chi connectivity index (χ1n) is 7.20. The lowest BCUT2D eigenvalue weighted by molar-refractivity contribution is -0.137. The molecular weight excluding hydrogens is 309 g/mol. The van der Waals surface area contributed by atoms with Crippen LogP contribution in [0.1, 0.15) is 47.9 Å². The Kier molecular flexibility index (Phi) is 5.08. The van der Waals surface area contributed by atoms with Crippen molar-refractivity contribution < 1.29 is 22.7 Å². The molecule has 0 N–H and O–H groups in total. The highest BCUT2D eigenvalue weighted by molar-refractivity contribution is 5.87. The van der Waals surface area contributed by atoms with Crippen molar-refractivity contribution in [2.45, 2.75) is 32.5 Å². The Bertz CT molecular complexity index is 663. The van der Waals surface area contributed by atoms with E-state index in [-0.39, 0.29) is 11.7 Å². The van der Waals surface area contributed by atoms with Crippen LogP contribution in [0, 0.1) is 0 Å². The molecule has 2 rings (SSSR count). The average Bonchev–Trinajstić information content (AvgIpc) is 3.00. The molecular formula is C16H17F3N2O2. The first-order valence-corrected chi connectivity index (χ1v) is 7.20. The number of esters is 1. The fraction of sp³-hybridized carbons (Fsp3) is 0.375. The molecule has 0 aliphatic carbocycles. The van der Waals surface area contributed by atoms with E-state index in [0.717, 1.165) is 12.1 Å². The second kappa shape index (κ2) is 6.85. The van der Waals surface area contributed by atoms with E-state index < -0.39 is 17.7 Å². The molecule has 0 saturated carbocycles. The Balaban J connectivity index is 2.23. The smallest absolute Gasteiger partial charge is 0.416 e. The van der Waals surface area contributed by atoms with Gasteiger partial charge in [-0.25, -0.2) is 9.78 Å². The second-order valence-electron chi connectivity index (χ2n) is 5.12. The van der Waals surface area contributed by atoms with Gasteiger partial charge in [-0.2, -0.15) is 13.2 Å². The first kappa shape index (κ1) is 17.1. The molecule has 1 aromatic heterocycles. The third kappa shape index (κ3) is 3.91. The van der Waals surface area contributed by atoms with Crippen LogP contribution < -0.4 is 0 Å². The number of rotatable bonds is 5. The van der Waals surface area contributed by atoms with Crippen molar-refractivity contribution in [3.05, 3.63) is 53.6 Å². The fourth-order valence-electron chi connectivity index (χ4n) is 2.15. The Labute approximate surface area is 131 Å². The zero-order chi connectivity index (χ0) is 17.0. The number of nitrogens with zero attached hydrogens (tertiary/aromatic N) is 2. The van der Waals surface area contributed by atoms with E-state index in [1.54, 1.807) is 11.5 Å². The van der Waals surface area contributed by atoms with Crippen molar-refractivity contribution >= 4 is 5.97 Å². The maximum Gasteiger partial charge on any atom is 0.416 e. The standard InChI is InChI=1S/C16H17F3N2O2/c1-3-8-23-15(22)14-9-20-10-21(14)11(2)12-4-6-13(7-5-12)16(17,18)19/h4-7,9-11H,3,8H2,1-2H3/t11-/m1/s1. The second-order valence-corrected chi connectivity index (χ2v) is 5.12. The van der Waals surface area contributed by atoms with Gasteiger partial charge in [-0.05, 0) is 31.0 Å². The molecule has 0 unspecified atom stereocenters. The van der Waals surface area contributed by atoms with E-state index in [0.29, 0.717) is 18.6 Å². The van der Waals surface area contributed by atoms with Gasteiger partial charge in [0.1, 0.15) is 5.69 Å². The largest absolute Gasteiger partial charge is 0.461 e. The highest BCUT2D eigenvalue weighted by atomic mass is 19.4. The Morgan fingerprint density at radius 1 is 1.30 bits per heavy atom. The van der Waals surface area contributed by atoms with Crippen molar-refractivity contribution in [2.24, 2.45) is 0 Å². The zero-order valence-electron chi connectivity index (χ0n) is 12.8. The summed E-state index contributed by atoms with van der Waals surface area (Å²) in [5.74, 6) is -0.497. The minimum Gasteiger partial charge on any atom is -0.461 e. The predicted octanol–water partition coefficient (Wildman–Crippen LogP) is 4.08. The summed E-state index contributed by atoms with van der Waals surface area (Å²) in [7, 11) is 0. The number of ether oxygens (including phenoxy) is 1. The van der Waals surface area contributed by atoms with Gasteiger partial charge in [-0.3, -0.25) is 0 Å².